The molecule has 3 unspecified atom stereocenters. The lowest BCUT2D eigenvalue weighted by atomic mass is 9.96. The predicted molar refractivity (Wildman–Crippen MR) is 83.3 cm³/mol. The van der Waals surface area contributed by atoms with Gasteiger partial charge in [-0.3, -0.25) is 0 Å². The van der Waals surface area contributed by atoms with Gasteiger partial charge in [-0.05, 0) is 63.9 Å². The van der Waals surface area contributed by atoms with Gasteiger partial charge < -0.3 is 10.2 Å². The average Bonchev–Trinajstić information content (AvgIpc) is 2.89. The van der Waals surface area contributed by atoms with Gasteiger partial charge in [-0.25, -0.2) is 4.39 Å². The highest BCUT2D eigenvalue weighted by atomic mass is 79.9. The number of fused-ring (bicyclic) bond motifs is 1. The number of halogens is 2. The molecule has 3 rings (SSSR count). The normalized spacial score (nSPS) is 28.4. The average molecular weight is 341 g/mol. The molecule has 20 heavy (non-hydrogen) atoms. The molecule has 1 aromatic carbocycles. The highest BCUT2D eigenvalue weighted by Crippen LogP contribution is 2.29. The Bertz CT molecular complexity index is 480. The Labute approximate surface area is 128 Å². The van der Waals surface area contributed by atoms with Crippen molar-refractivity contribution in [3.8, 4) is 0 Å². The van der Waals surface area contributed by atoms with Crippen LogP contribution in [0, 0.1) is 5.82 Å². The smallest absolute Gasteiger partial charge is 0.128 e. The summed E-state index contributed by atoms with van der Waals surface area (Å²) in [5.41, 5.74) is 0.758. The number of nitrogens with one attached hydrogen (secondary N) is 1. The third kappa shape index (κ3) is 3.07. The zero-order valence-electron chi connectivity index (χ0n) is 11.9. The zero-order chi connectivity index (χ0) is 14.1. The summed E-state index contributed by atoms with van der Waals surface area (Å²) in [6.07, 6.45) is 5.06. The van der Waals surface area contributed by atoms with Crippen LogP contribution in [0.4, 0.5) is 4.39 Å². The maximum absolute atomic E-state index is 13.9. The van der Waals surface area contributed by atoms with E-state index < -0.39 is 0 Å². The lowest BCUT2D eigenvalue weighted by Crippen LogP contribution is -2.46. The van der Waals surface area contributed by atoms with E-state index in [2.05, 4.69) is 33.1 Å². The van der Waals surface area contributed by atoms with Crippen LogP contribution in [0.3, 0.4) is 0 Å². The predicted octanol–water partition coefficient (Wildman–Crippen LogP) is 3.87. The van der Waals surface area contributed by atoms with Gasteiger partial charge in [0, 0.05) is 28.2 Å². The van der Waals surface area contributed by atoms with Crippen LogP contribution in [0.25, 0.3) is 0 Å². The number of hydrogen-bond acceptors (Lipinski definition) is 2. The fraction of sp³-hybridized carbons (Fsp3) is 0.625. The van der Waals surface area contributed by atoms with Crippen LogP contribution < -0.4 is 5.32 Å². The van der Waals surface area contributed by atoms with Gasteiger partial charge in [-0.15, -0.1) is 0 Å². The summed E-state index contributed by atoms with van der Waals surface area (Å²) < 4.78 is 14.9. The van der Waals surface area contributed by atoms with Gasteiger partial charge in [-0.1, -0.05) is 15.9 Å². The van der Waals surface area contributed by atoms with Gasteiger partial charge in [0.2, 0.25) is 0 Å². The van der Waals surface area contributed by atoms with Crippen molar-refractivity contribution in [1.82, 2.24) is 10.2 Å². The molecule has 110 valence electrons. The molecular formula is C16H22BrFN2. The fourth-order valence-electron chi connectivity index (χ4n) is 3.67. The van der Waals surface area contributed by atoms with E-state index in [-0.39, 0.29) is 11.9 Å². The molecule has 4 heteroatoms. The van der Waals surface area contributed by atoms with Crippen molar-refractivity contribution in [1.29, 1.82) is 0 Å². The van der Waals surface area contributed by atoms with Crippen molar-refractivity contribution < 1.29 is 4.39 Å². The Hall–Kier alpha value is -0.450. The highest BCUT2D eigenvalue weighted by Gasteiger charge is 2.32. The molecule has 2 nitrogen and oxygen atoms in total. The van der Waals surface area contributed by atoms with Crippen LogP contribution in [0.1, 0.15) is 44.2 Å². The van der Waals surface area contributed by atoms with Gasteiger partial charge >= 0.3 is 0 Å². The molecule has 0 radical (unpaired) electrons. The maximum Gasteiger partial charge on any atom is 0.128 e. The molecular weight excluding hydrogens is 319 g/mol. The first-order valence-electron chi connectivity index (χ1n) is 7.58. The second-order valence-corrected chi connectivity index (χ2v) is 7.02. The van der Waals surface area contributed by atoms with Crippen molar-refractivity contribution >= 4 is 15.9 Å². The summed E-state index contributed by atoms with van der Waals surface area (Å²) >= 11 is 3.43. The summed E-state index contributed by atoms with van der Waals surface area (Å²) in [4.78, 5) is 2.61. The molecule has 2 aliphatic rings. The van der Waals surface area contributed by atoms with Crippen molar-refractivity contribution in [2.45, 2.75) is 50.7 Å². The van der Waals surface area contributed by atoms with Crippen LogP contribution in [-0.2, 0) is 0 Å². The molecule has 0 saturated carbocycles. The minimum absolute atomic E-state index is 0.0606. The standard InChI is InChI=1S/C16H22BrFN2/c1-11(15-9-12(17)4-5-16(15)18)19-13-6-8-20-7-2-3-14(20)10-13/h4-5,9,11,13-14,19H,2-3,6-8,10H2,1H3. The summed E-state index contributed by atoms with van der Waals surface area (Å²) in [5, 5.41) is 3.63. The SMILES string of the molecule is CC(NC1CCN2CCCC2C1)c1cc(Br)ccc1F. The summed E-state index contributed by atoms with van der Waals surface area (Å²) in [7, 11) is 0. The molecule has 3 atom stereocenters. The minimum atomic E-state index is -0.119. The molecule has 0 aromatic heterocycles. The van der Waals surface area contributed by atoms with Gasteiger partial charge in [0.15, 0.2) is 0 Å². The topological polar surface area (TPSA) is 15.3 Å². The summed E-state index contributed by atoms with van der Waals surface area (Å²) in [6, 6.07) is 6.51. The molecule has 1 N–H and O–H groups in total. The Balaban J connectivity index is 1.64. The van der Waals surface area contributed by atoms with Crippen LogP contribution in [0.15, 0.2) is 22.7 Å². The molecule has 2 heterocycles. The van der Waals surface area contributed by atoms with Gasteiger partial charge in [0.25, 0.3) is 0 Å². The Morgan fingerprint density at radius 1 is 1.35 bits per heavy atom. The van der Waals surface area contributed by atoms with E-state index in [4.69, 9.17) is 0 Å². The maximum atomic E-state index is 13.9. The van der Waals surface area contributed by atoms with Crippen molar-refractivity contribution in [3.63, 3.8) is 0 Å². The lowest BCUT2D eigenvalue weighted by Gasteiger charge is -2.36. The van der Waals surface area contributed by atoms with Crippen LogP contribution in [0.5, 0.6) is 0 Å². The summed E-state index contributed by atoms with van der Waals surface area (Å²) in [6.45, 7) is 4.52. The van der Waals surface area contributed by atoms with Crippen LogP contribution in [0.2, 0.25) is 0 Å². The minimum Gasteiger partial charge on any atom is -0.307 e. The van der Waals surface area contributed by atoms with E-state index in [0.717, 1.165) is 16.1 Å². The quantitative estimate of drug-likeness (QED) is 0.898. The van der Waals surface area contributed by atoms with E-state index in [1.165, 1.54) is 44.8 Å². The number of rotatable bonds is 3. The molecule has 2 saturated heterocycles. The first kappa shape index (κ1) is 14.5. The molecule has 0 amide bonds. The van der Waals surface area contributed by atoms with Gasteiger partial charge in [-0.2, -0.15) is 0 Å². The van der Waals surface area contributed by atoms with Crippen molar-refractivity contribution in [2.24, 2.45) is 0 Å². The number of nitrogens with zero attached hydrogens (tertiary/aromatic N) is 1. The third-order valence-corrected chi connectivity index (χ3v) is 5.22. The van der Waals surface area contributed by atoms with Crippen LogP contribution in [-0.4, -0.2) is 30.1 Å². The zero-order valence-corrected chi connectivity index (χ0v) is 13.5. The monoisotopic (exact) mass is 340 g/mol. The number of hydrogen-bond donors (Lipinski definition) is 1. The second kappa shape index (κ2) is 6.12. The van der Waals surface area contributed by atoms with E-state index >= 15 is 0 Å². The van der Waals surface area contributed by atoms with Crippen molar-refractivity contribution in [2.75, 3.05) is 13.1 Å². The molecule has 0 aliphatic carbocycles. The fourth-order valence-corrected chi connectivity index (χ4v) is 4.04. The van der Waals surface area contributed by atoms with Crippen LogP contribution >= 0.6 is 15.9 Å². The summed E-state index contributed by atoms with van der Waals surface area (Å²) in [5.74, 6) is -0.119. The molecule has 1 aromatic rings. The van der Waals surface area contributed by atoms with E-state index in [1.54, 1.807) is 6.07 Å². The van der Waals surface area contributed by atoms with E-state index in [9.17, 15) is 4.39 Å². The van der Waals surface area contributed by atoms with Crippen molar-refractivity contribution in [3.05, 3.63) is 34.1 Å². The largest absolute Gasteiger partial charge is 0.307 e. The first-order chi connectivity index (χ1) is 9.63. The molecule has 2 fully saturated rings. The second-order valence-electron chi connectivity index (χ2n) is 6.11. The van der Waals surface area contributed by atoms with Gasteiger partial charge in [0.05, 0.1) is 0 Å². The Kier molecular flexibility index (Phi) is 4.43. The molecule has 2 aliphatic heterocycles. The highest BCUT2D eigenvalue weighted by molar-refractivity contribution is 9.10. The third-order valence-electron chi connectivity index (χ3n) is 4.73. The lowest BCUT2D eigenvalue weighted by molar-refractivity contribution is 0.162. The molecule has 0 bridgehead atoms. The van der Waals surface area contributed by atoms with E-state index in [0.29, 0.717) is 6.04 Å². The molecule has 0 spiro atoms. The Morgan fingerprint density at radius 2 is 2.20 bits per heavy atom. The van der Waals surface area contributed by atoms with Gasteiger partial charge in [0.1, 0.15) is 5.82 Å². The number of piperidine rings is 1. The number of benzene rings is 1. The first-order valence-corrected chi connectivity index (χ1v) is 8.38. The Morgan fingerprint density at radius 3 is 3.05 bits per heavy atom. The van der Waals surface area contributed by atoms with E-state index in [1.807, 2.05) is 6.07 Å².